The molecule has 5 nitrogen and oxygen atoms in total. The standard InChI is InChI=1S/C23H27NO4/c1-15(2)23(18-7-9-20-21(13-18)27-11-10-26-20)24-22(25)14-28-19-8-6-16-4-3-5-17(16)12-19/h6-9,12-13,15,23H,3-5,10-11,14H2,1-2H3,(H,24,25)/t23-/m1/s1. The van der Waals surface area contributed by atoms with Crippen LogP contribution in [0.4, 0.5) is 0 Å². The van der Waals surface area contributed by atoms with E-state index in [0.29, 0.717) is 13.2 Å². The van der Waals surface area contributed by atoms with Crippen molar-refractivity contribution in [1.29, 1.82) is 0 Å². The second-order valence-electron chi connectivity index (χ2n) is 7.77. The van der Waals surface area contributed by atoms with Gasteiger partial charge in [-0.15, -0.1) is 0 Å². The summed E-state index contributed by atoms with van der Waals surface area (Å²) in [6.45, 7) is 5.29. The molecule has 2 aromatic carbocycles. The number of rotatable bonds is 6. The van der Waals surface area contributed by atoms with Crippen molar-refractivity contribution in [2.75, 3.05) is 19.8 Å². The van der Waals surface area contributed by atoms with Crippen molar-refractivity contribution in [2.24, 2.45) is 5.92 Å². The minimum atomic E-state index is -0.130. The van der Waals surface area contributed by atoms with Crippen LogP contribution in [0, 0.1) is 5.92 Å². The minimum absolute atomic E-state index is 0.00651. The van der Waals surface area contributed by atoms with E-state index in [1.807, 2.05) is 24.3 Å². The van der Waals surface area contributed by atoms with E-state index in [-0.39, 0.29) is 24.5 Å². The van der Waals surface area contributed by atoms with Crippen LogP contribution < -0.4 is 19.5 Å². The molecule has 0 saturated carbocycles. The fraction of sp³-hybridized carbons (Fsp3) is 0.435. The van der Waals surface area contributed by atoms with Gasteiger partial charge < -0.3 is 19.5 Å². The zero-order valence-electron chi connectivity index (χ0n) is 16.5. The summed E-state index contributed by atoms with van der Waals surface area (Å²) in [6, 6.07) is 11.9. The van der Waals surface area contributed by atoms with Gasteiger partial charge in [-0.05, 0) is 66.1 Å². The molecule has 1 amide bonds. The Kier molecular flexibility index (Phi) is 5.42. The Morgan fingerprint density at radius 2 is 1.82 bits per heavy atom. The molecular weight excluding hydrogens is 354 g/mol. The maximum atomic E-state index is 12.5. The lowest BCUT2D eigenvalue weighted by Gasteiger charge is -2.25. The number of aryl methyl sites for hydroxylation is 2. The molecule has 1 heterocycles. The molecule has 1 N–H and O–H groups in total. The first-order chi connectivity index (χ1) is 13.6. The Balaban J connectivity index is 1.39. The summed E-state index contributed by atoms with van der Waals surface area (Å²) >= 11 is 0. The number of ether oxygens (including phenoxy) is 3. The van der Waals surface area contributed by atoms with Crippen LogP contribution >= 0.6 is 0 Å². The summed E-state index contributed by atoms with van der Waals surface area (Å²) in [5.41, 5.74) is 3.75. The molecule has 0 bridgehead atoms. The van der Waals surface area contributed by atoms with Crippen LogP contribution in [0.1, 0.15) is 43.0 Å². The smallest absolute Gasteiger partial charge is 0.258 e. The van der Waals surface area contributed by atoms with E-state index in [4.69, 9.17) is 14.2 Å². The highest BCUT2D eigenvalue weighted by atomic mass is 16.6. The Labute approximate surface area is 166 Å². The van der Waals surface area contributed by atoms with Crippen LogP contribution in [0.25, 0.3) is 0 Å². The molecule has 148 valence electrons. The van der Waals surface area contributed by atoms with Crippen molar-refractivity contribution in [1.82, 2.24) is 5.32 Å². The molecule has 2 aromatic rings. The Morgan fingerprint density at radius 1 is 1.04 bits per heavy atom. The highest BCUT2D eigenvalue weighted by Gasteiger charge is 2.22. The monoisotopic (exact) mass is 381 g/mol. The van der Waals surface area contributed by atoms with E-state index in [1.165, 1.54) is 17.5 Å². The average Bonchev–Trinajstić information content (AvgIpc) is 3.18. The topological polar surface area (TPSA) is 56.8 Å². The summed E-state index contributed by atoms with van der Waals surface area (Å²) in [5, 5.41) is 3.10. The lowest BCUT2D eigenvalue weighted by atomic mass is 9.95. The lowest BCUT2D eigenvalue weighted by Crippen LogP contribution is -2.35. The van der Waals surface area contributed by atoms with Crippen molar-refractivity contribution >= 4 is 5.91 Å². The average molecular weight is 381 g/mol. The number of nitrogens with one attached hydrogen (secondary N) is 1. The van der Waals surface area contributed by atoms with Gasteiger partial charge in [0.2, 0.25) is 0 Å². The van der Waals surface area contributed by atoms with Crippen LogP contribution in [0.2, 0.25) is 0 Å². The molecule has 0 unspecified atom stereocenters. The summed E-state index contributed by atoms with van der Waals surface area (Å²) < 4.78 is 17.0. The van der Waals surface area contributed by atoms with Gasteiger partial charge in [0.15, 0.2) is 18.1 Å². The quantitative estimate of drug-likeness (QED) is 0.826. The van der Waals surface area contributed by atoms with Gasteiger partial charge in [0.05, 0.1) is 6.04 Å². The largest absolute Gasteiger partial charge is 0.486 e. The van der Waals surface area contributed by atoms with Gasteiger partial charge in [0, 0.05) is 0 Å². The second-order valence-corrected chi connectivity index (χ2v) is 7.77. The predicted octanol–water partition coefficient (Wildman–Crippen LogP) is 3.84. The summed E-state index contributed by atoms with van der Waals surface area (Å²) in [4.78, 5) is 12.5. The zero-order valence-corrected chi connectivity index (χ0v) is 16.5. The predicted molar refractivity (Wildman–Crippen MR) is 107 cm³/mol. The highest BCUT2D eigenvalue weighted by Crippen LogP contribution is 2.34. The summed E-state index contributed by atoms with van der Waals surface area (Å²) in [6.07, 6.45) is 3.44. The highest BCUT2D eigenvalue weighted by molar-refractivity contribution is 5.78. The Bertz CT molecular complexity index is 862. The van der Waals surface area contributed by atoms with Crippen molar-refractivity contribution < 1.29 is 19.0 Å². The van der Waals surface area contributed by atoms with E-state index in [0.717, 1.165) is 35.7 Å². The van der Waals surface area contributed by atoms with Crippen LogP contribution in [-0.2, 0) is 17.6 Å². The molecule has 0 saturated heterocycles. The molecule has 2 aliphatic rings. The maximum Gasteiger partial charge on any atom is 0.258 e. The Morgan fingerprint density at radius 3 is 2.64 bits per heavy atom. The third-order valence-corrected chi connectivity index (χ3v) is 5.35. The van der Waals surface area contributed by atoms with Crippen molar-refractivity contribution in [2.45, 2.75) is 39.2 Å². The molecule has 28 heavy (non-hydrogen) atoms. The summed E-state index contributed by atoms with van der Waals surface area (Å²) in [5.74, 6) is 2.35. The zero-order chi connectivity index (χ0) is 19.5. The van der Waals surface area contributed by atoms with E-state index in [2.05, 4.69) is 31.3 Å². The van der Waals surface area contributed by atoms with Gasteiger partial charge in [0.25, 0.3) is 5.91 Å². The SMILES string of the molecule is CC(C)[C@@H](NC(=O)COc1ccc2c(c1)CCC2)c1ccc2c(c1)OCCO2. The number of amides is 1. The van der Waals surface area contributed by atoms with E-state index < -0.39 is 0 Å². The third kappa shape index (κ3) is 4.08. The number of hydrogen-bond acceptors (Lipinski definition) is 4. The normalized spacial score (nSPS) is 15.8. The van der Waals surface area contributed by atoms with Crippen LogP contribution in [0.3, 0.4) is 0 Å². The molecular formula is C23H27NO4. The van der Waals surface area contributed by atoms with Crippen molar-refractivity contribution in [3.05, 3.63) is 53.1 Å². The second kappa shape index (κ2) is 8.13. The third-order valence-electron chi connectivity index (χ3n) is 5.35. The van der Waals surface area contributed by atoms with Crippen LogP contribution in [0.15, 0.2) is 36.4 Å². The first-order valence-electron chi connectivity index (χ1n) is 10.0. The molecule has 1 atom stereocenters. The Hall–Kier alpha value is -2.69. The minimum Gasteiger partial charge on any atom is -0.486 e. The first-order valence-corrected chi connectivity index (χ1v) is 10.0. The van der Waals surface area contributed by atoms with Gasteiger partial charge in [-0.25, -0.2) is 0 Å². The van der Waals surface area contributed by atoms with E-state index in [1.54, 1.807) is 0 Å². The van der Waals surface area contributed by atoms with E-state index >= 15 is 0 Å². The molecule has 0 aromatic heterocycles. The van der Waals surface area contributed by atoms with Crippen molar-refractivity contribution in [3.8, 4) is 17.2 Å². The summed E-state index contributed by atoms with van der Waals surface area (Å²) in [7, 11) is 0. The number of fused-ring (bicyclic) bond motifs is 2. The van der Waals surface area contributed by atoms with Crippen LogP contribution in [0.5, 0.6) is 17.2 Å². The molecule has 0 fully saturated rings. The fourth-order valence-corrected chi connectivity index (χ4v) is 3.89. The number of hydrogen-bond donors (Lipinski definition) is 1. The van der Waals surface area contributed by atoms with E-state index in [9.17, 15) is 4.79 Å². The van der Waals surface area contributed by atoms with Crippen molar-refractivity contribution in [3.63, 3.8) is 0 Å². The van der Waals surface area contributed by atoms with Gasteiger partial charge in [-0.1, -0.05) is 26.0 Å². The van der Waals surface area contributed by atoms with Gasteiger partial charge in [-0.3, -0.25) is 4.79 Å². The molecule has 1 aliphatic heterocycles. The molecule has 0 spiro atoms. The fourth-order valence-electron chi connectivity index (χ4n) is 3.89. The molecule has 1 aliphatic carbocycles. The molecule has 5 heteroatoms. The number of benzene rings is 2. The lowest BCUT2D eigenvalue weighted by molar-refractivity contribution is -0.124. The number of carbonyl (C=O) groups is 1. The first kappa shape index (κ1) is 18.7. The number of carbonyl (C=O) groups excluding carboxylic acids is 1. The van der Waals surface area contributed by atoms with Gasteiger partial charge in [-0.2, -0.15) is 0 Å². The van der Waals surface area contributed by atoms with Gasteiger partial charge >= 0.3 is 0 Å². The van der Waals surface area contributed by atoms with Gasteiger partial charge in [0.1, 0.15) is 19.0 Å². The molecule has 4 rings (SSSR count). The van der Waals surface area contributed by atoms with Crippen LogP contribution in [-0.4, -0.2) is 25.7 Å². The maximum absolute atomic E-state index is 12.5. The molecule has 0 radical (unpaired) electrons.